The highest BCUT2D eigenvalue weighted by Crippen LogP contribution is 2.52. The third-order valence-electron chi connectivity index (χ3n) is 5.25. The monoisotopic (exact) mass is 368 g/mol. The van der Waals surface area contributed by atoms with Crippen molar-refractivity contribution in [3.8, 4) is 33.6 Å². The molecular formula is C20H20N2O3S. The van der Waals surface area contributed by atoms with Crippen LogP contribution in [0.4, 0.5) is 0 Å². The lowest BCUT2D eigenvalue weighted by Crippen LogP contribution is -2.25. The number of thiophene rings is 1. The summed E-state index contributed by atoms with van der Waals surface area (Å²) in [6, 6.07) is 5.70. The maximum absolute atomic E-state index is 6.31. The Kier molecular flexibility index (Phi) is 3.19. The Labute approximate surface area is 156 Å². The number of fused-ring (bicyclic) bond motifs is 4. The van der Waals surface area contributed by atoms with Crippen LogP contribution in [0.5, 0.6) is 22.3 Å². The zero-order valence-corrected chi connectivity index (χ0v) is 16.1. The van der Waals surface area contributed by atoms with Gasteiger partial charge in [0.25, 0.3) is 0 Å². The molecule has 0 atom stereocenters. The SMILES string of the molecule is Cc1sc(Oc2ccc3c(c2)OCO3)c2c1CC(C)(C)c1cnn(C)c1-2. The molecule has 1 aliphatic heterocycles. The molecule has 0 spiro atoms. The Hall–Kier alpha value is -2.47. The highest BCUT2D eigenvalue weighted by molar-refractivity contribution is 7.14. The van der Waals surface area contributed by atoms with E-state index in [0.29, 0.717) is 0 Å². The summed E-state index contributed by atoms with van der Waals surface area (Å²) in [6.07, 6.45) is 2.99. The summed E-state index contributed by atoms with van der Waals surface area (Å²) in [7, 11) is 2.00. The zero-order valence-electron chi connectivity index (χ0n) is 15.3. The quantitative estimate of drug-likeness (QED) is 0.651. The third-order valence-corrected chi connectivity index (χ3v) is 6.28. The van der Waals surface area contributed by atoms with Crippen molar-refractivity contribution < 1.29 is 14.2 Å². The summed E-state index contributed by atoms with van der Waals surface area (Å²) < 4.78 is 19.1. The Balaban J connectivity index is 1.62. The van der Waals surface area contributed by atoms with E-state index in [1.54, 1.807) is 11.3 Å². The predicted molar refractivity (Wildman–Crippen MR) is 101 cm³/mol. The van der Waals surface area contributed by atoms with E-state index in [-0.39, 0.29) is 12.2 Å². The van der Waals surface area contributed by atoms with Gasteiger partial charge in [-0.15, -0.1) is 11.3 Å². The minimum absolute atomic E-state index is 0.0679. The topological polar surface area (TPSA) is 45.5 Å². The highest BCUT2D eigenvalue weighted by atomic mass is 32.1. The molecule has 0 saturated carbocycles. The molecule has 5 rings (SSSR count). The van der Waals surface area contributed by atoms with Crippen LogP contribution in [0.15, 0.2) is 24.4 Å². The lowest BCUT2D eigenvalue weighted by molar-refractivity contribution is 0.174. The second kappa shape index (κ2) is 5.27. The molecule has 0 saturated heterocycles. The van der Waals surface area contributed by atoms with Crippen LogP contribution in [0.25, 0.3) is 11.3 Å². The minimum Gasteiger partial charge on any atom is -0.454 e. The van der Waals surface area contributed by atoms with Crippen LogP contribution in [0.3, 0.4) is 0 Å². The molecule has 134 valence electrons. The van der Waals surface area contributed by atoms with E-state index in [2.05, 4.69) is 25.9 Å². The molecule has 0 N–H and O–H groups in total. The van der Waals surface area contributed by atoms with E-state index >= 15 is 0 Å². The Morgan fingerprint density at radius 1 is 1.23 bits per heavy atom. The highest BCUT2D eigenvalue weighted by Gasteiger charge is 2.37. The standard InChI is InChI=1S/C20H20N2O3S/c1-11-13-8-20(2,3)14-9-21-22(4)18(14)17(13)19(26-11)25-12-5-6-15-16(7-12)24-10-23-15/h5-7,9H,8,10H2,1-4H3. The molecule has 0 radical (unpaired) electrons. The fourth-order valence-electron chi connectivity index (χ4n) is 3.89. The number of aryl methyl sites for hydroxylation is 2. The van der Waals surface area contributed by atoms with E-state index in [0.717, 1.165) is 34.4 Å². The molecule has 6 heteroatoms. The summed E-state index contributed by atoms with van der Waals surface area (Å²) in [6.45, 7) is 7.01. The Morgan fingerprint density at radius 3 is 2.88 bits per heavy atom. The first kappa shape index (κ1) is 15.8. The van der Waals surface area contributed by atoms with Crippen LogP contribution in [0.1, 0.15) is 29.9 Å². The average molecular weight is 368 g/mol. The molecule has 2 aromatic heterocycles. The number of ether oxygens (including phenoxy) is 3. The van der Waals surface area contributed by atoms with Gasteiger partial charge in [-0.25, -0.2) is 0 Å². The summed E-state index contributed by atoms with van der Waals surface area (Å²) in [5, 5.41) is 5.44. The fraction of sp³-hybridized carbons (Fsp3) is 0.350. The van der Waals surface area contributed by atoms with Crippen LogP contribution in [0, 0.1) is 6.92 Å². The van der Waals surface area contributed by atoms with Gasteiger partial charge < -0.3 is 14.2 Å². The van der Waals surface area contributed by atoms with Crippen molar-refractivity contribution in [2.24, 2.45) is 7.05 Å². The Bertz CT molecular complexity index is 1030. The van der Waals surface area contributed by atoms with E-state index in [9.17, 15) is 0 Å². The molecule has 0 unspecified atom stereocenters. The van der Waals surface area contributed by atoms with Gasteiger partial charge in [0.15, 0.2) is 16.6 Å². The molecule has 1 aliphatic carbocycles. The lowest BCUT2D eigenvalue weighted by Gasteiger charge is -2.30. The van der Waals surface area contributed by atoms with Gasteiger partial charge in [0, 0.05) is 23.6 Å². The first-order valence-electron chi connectivity index (χ1n) is 8.66. The van der Waals surface area contributed by atoms with Crippen molar-refractivity contribution in [1.82, 2.24) is 9.78 Å². The van der Waals surface area contributed by atoms with Crippen LogP contribution in [-0.2, 0) is 18.9 Å². The van der Waals surface area contributed by atoms with Crippen molar-refractivity contribution in [1.29, 1.82) is 0 Å². The number of benzene rings is 1. The van der Waals surface area contributed by atoms with Crippen LogP contribution >= 0.6 is 11.3 Å². The average Bonchev–Trinajstić information content (AvgIpc) is 3.27. The van der Waals surface area contributed by atoms with E-state index in [4.69, 9.17) is 14.2 Å². The Morgan fingerprint density at radius 2 is 2.04 bits per heavy atom. The third kappa shape index (κ3) is 2.18. The minimum atomic E-state index is 0.0679. The second-order valence-corrected chi connectivity index (χ2v) is 8.69. The normalized spacial score (nSPS) is 16.3. The van der Waals surface area contributed by atoms with E-state index in [1.807, 2.05) is 36.1 Å². The molecule has 2 aliphatic rings. The number of hydrogen-bond acceptors (Lipinski definition) is 5. The number of hydrogen-bond donors (Lipinski definition) is 0. The molecule has 0 fully saturated rings. The molecule has 1 aromatic carbocycles. The maximum atomic E-state index is 6.31. The largest absolute Gasteiger partial charge is 0.454 e. The van der Waals surface area contributed by atoms with Crippen molar-refractivity contribution >= 4 is 11.3 Å². The summed E-state index contributed by atoms with van der Waals surface area (Å²) >= 11 is 1.70. The molecule has 0 amide bonds. The first-order valence-corrected chi connectivity index (χ1v) is 9.48. The summed E-state index contributed by atoms with van der Waals surface area (Å²) in [5.41, 5.74) is 5.06. The molecular weight excluding hydrogens is 348 g/mol. The van der Waals surface area contributed by atoms with Gasteiger partial charge in [-0.3, -0.25) is 4.68 Å². The molecule has 0 bridgehead atoms. The van der Waals surface area contributed by atoms with Crippen LogP contribution < -0.4 is 14.2 Å². The van der Waals surface area contributed by atoms with Crippen molar-refractivity contribution in [2.45, 2.75) is 32.6 Å². The van der Waals surface area contributed by atoms with Crippen LogP contribution in [-0.4, -0.2) is 16.6 Å². The number of aromatic nitrogens is 2. The van der Waals surface area contributed by atoms with Gasteiger partial charge in [0.05, 0.1) is 17.5 Å². The van der Waals surface area contributed by atoms with Gasteiger partial charge in [-0.2, -0.15) is 5.10 Å². The number of rotatable bonds is 2. The van der Waals surface area contributed by atoms with Crippen LogP contribution in [0.2, 0.25) is 0 Å². The summed E-state index contributed by atoms with van der Waals surface area (Å²) in [4.78, 5) is 1.30. The molecule has 3 aromatic rings. The van der Waals surface area contributed by atoms with Crippen molar-refractivity contribution in [3.63, 3.8) is 0 Å². The predicted octanol–water partition coefficient (Wildman–Crippen LogP) is 4.81. The fourth-order valence-corrected chi connectivity index (χ4v) is 4.92. The number of nitrogens with zero attached hydrogens (tertiary/aromatic N) is 2. The van der Waals surface area contributed by atoms with Gasteiger partial charge in [-0.05, 0) is 36.5 Å². The molecule has 26 heavy (non-hydrogen) atoms. The van der Waals surface area contributed by atoms with Gasteiger partial charge in [0.1, 0.15) is 5.75 Å². The van der Waals surface area contributed by atoms with Gasteiger partial charge >= 0.3 is 0 Å². The zero-order chi connectivity index (χ0) is 18.1. The van der Waals surface area contributed by atoms with Gasteiger partial charge in [-0.1, -0.05) is 13.8 Å². The smallest absolute Gasteiger partial charge is 0.231 e. The van der Waals surface area contributed by atoms with Gasteiger partial charge in [0.2, 0.25) is 6.79 Å². The molecule has 5 nitrogen and oxygen atoms in total. The van der Waals surface area contributed by atoms with Crippen molar-refractivity contribution in [2.75, 3.05) is 6.79 Å². The molecule has 3 heterocycles. The second-order valence-electron chi connectivity index (χ2n) is 7.51. The van der Waals surface area contributed by atoms with E-state index in [1.165, 1.54) is 21.6 Å². The first-order chi connectivity index (χ1) is 12.4. The lowest BCUT2D eigenvalue weighted by atomic mass is 9.73. The summed E-state index contributed by atoms with van der Waals surface area (Å²) in [5.74, 6) is 2.25. The maximum Gasteiger partial charge on any atom is 0.231 e. The van der Waals surface area contributed by atoms with Crippen molar-refractivity contribution in [3.05, 3.63) is 40.4 Å². The van der Waals surface area contributed by atoms with E-state index < -0.39 is 0 Å².